The van der Waals surface area contributed by atoms with Crippen LogP contribution in [0.15, 0.2) is 71.5 Å². The zero-order valence-electron chi connectivity index (χ0n) is 17.8. The smallest absolute Gasteiger partial charge is 0.137 e. The number of nitrogens with zero attached hydrogens (tertiary/aromatic N) is 1. The van der Waals surface area contributed by atoms with Crippen LogP contribution in [0.3, 0.4) is 0 Å². The summed E-state index contributed by atoms with van der Waals surface area (Å²) in [6.07, 6.45) is 6.06. The molecule has 164 valence electrons. The molecule has 6 heteroatoms. The van der Waals surface area contributed by atoms with Gasteiger partial charge < -0.3 is 18.6 Å². The number of ether oxygens (including phenoxy) is 3. The first-order valence-corrected chi connectivity index (χ1v) is 10.7. The summed E-state index contributed by atoms with van der Waals surface area (Å²) in [7, 11) is 1.59. The number of fused-ring (bicyclic) bond motifs is 1. The van der Waals surface area contributed by atoms with Gasteiger partial charge in [0.25, 0.3) is 0 Å². The van der Waals surface area contributed by atoms with Crippen molar-refractivity contribution in [3.8, 4) is 11.5 Å². The van der Waals surface area contributed by atoms with E-state index in [-0.39, 0.29) is 18.5 Å². The Bertz CT molecular complexity index is 1200. The van der Waals surface area contributed by atoms with Crippen LogP contribution < -0.4 is 9.47 Å². The van der Waals surface area contributed by atoms with Gasteiger partial charge in [0, 0.05) is 17.0 Å². The summed E-state index contributed by atoms with van der Waals surface area (Å²) in [5, 5.41) is 0.934. The molecule has 2 aromatic heterocycles. The number of pyridine rings is 1. The van der Waals surface area contributed by atoms with Crippen LogP contribution in [0.25, 0.3) is 11.0 Å². The predicted molar refractivity (Wildman–Crippen MR) is 118 cm³/mol. The lowest BCUT2D eigenvalue weighted by molar-refractivity contribution is 0.0621. The van der Waals surface area contributed by atoms with Gasteiger partial charge in [0.15, 0.2) is 0 Å². The summed E-state index contributed by atoms with van der Waals surface area (Å²) < 4.78 is 37.9. The van der Waals surface area contributed by atoms with Gasteiger partial charge >= 0.3 is 0 Å². The lowest BCUT2D eigenvalue weighted by Crippen LogP contribution is -2.24. The zero-order chi connectivity index (χ0) is 21.9. The third-order valence-electron chi connectivity index (χ3n) is 5.82. The van der Waals surface area contributed by atoms with Crippen LogP contribution in [0.5, 0.6) is 11.5 Å². The Hall–Kier alpha value is -3.38. The molecular weight excluding hydrogens is 409 g/mol. The molecule has 2 heterocycles. The Balaban J connectivity index is 1.44. The summed E-state index contributed by atoms with van der Waals surface area (Å²) in [5.41, 5.74) is 2.78. The van der Waals surface area contributed by atoms with Crippen LogP contribution in [0.2, 0.25) is 0 Å². The van der Waals surface area contributed by atoms with Gasteiger partial charge in [-0.3, -0.25) is 4.98 Å². The van der Waals surface area contributed by atoms with Crippen LogP contribution in [-0.4, -0.2) is 18.2 Å². The molecule has 0 bridgehead atoms. The van der Waals surface area contributed by atoms with E-state index in [9.17, 15) is 0 Å². The minimum absolute atomic E-state index is 0.192. The minimum atomic E-state index is -0.615. The number of furan rings is 1. The zero-order valence-corrected chi connectivity index (χ0v) is 17.8. The van der Waals surface area contributed by atoms with E-state index >= 15 is 4.39 Å². The van der Waals surface area contributed by atoms with Crippen molar-refractivity contribution in [2.75, 3.05) is 7.11 Å². The molecule has 1 fully saturated rings. The van der Waals surface area contributed by atoms with E-state index in [4.69, 9.17) is 18.6 Å². The molecule has 0 saturated heterocycles. The van der Waals surface area contributed by atoms with Crippen LogP contribution in [-0.2, 0) is 11.3 Å². The fraction of sp³-hybridized carbons (Fsp3) is 0.269. The molecule has 0 radical (unpaired) electrons. The number of benzene rings is 2. The minimum Gasteiger partial charge on any atom is -0.495 e. The topological polar surface area (TPSA) is 53.7 Å². The van der Waals surface area contributed by atoms with Crippen molar-refractivity contribution in [2.45, 2.75) is 38.1 Å². The predicted octanol–water partition coefficient (Wildman–Crippen LogP) is 6.21. The van der Waals surface area contributed by atoms with Crippen LogP contribution in [0, 0.1) is 5.82 Å². The first kappa shape index (κ1) is 20.5. The lowest BCUT2D eigenvalue weighted by Gasteiger charge is -2.27. The summed E-state index contributed by atoms with van der Waals surface area (Å²) >= 11 is 0. The number of methoxy groups -OCH3 is 1. The molecule has 5 nitrogen and oxygen atoms in total. The summed E-state index contributed by atoms with van der Waals surface area (Å²) in [6.45, 7) is 0.220. The number of hydrogen-bond acceptors (Lipinski definition) is 5. The Morgan fingerprint density at radius 2 is 1.94 bits per heavy atom. The summed E-state index contributed by atoms with van der Waals surface area (Å²) in [6, 6.07) is 16.3. The monoisotopic (exact) mass is 433 g/mol. The third kappa shape index (κ3) is 4.32. The molecule has 1 unspecified atom stereocenters. The van der Waals surface area contributed by atoms with Gasteiger partial charge in [0.1, 0.15) is 29.0 Å². The average molecular weight is 433 g/mol. The quantitative estimate of drug-likeness (QED) is 0.331. The summed E-state index contributed by atoms with van der Waals surface area (Å²) in [5.74, 6) is 0.863. The van der Waals surface area contributed by atoms with E-state index in [2.05, 4.69) is 4.98 Å². The standard InChI is InChI=1S/C26H24FNO4/c1-29-22-7-6-19(28-15-22)16-31-26(18-5-10-25-17(13-18)11-12-30-25)23-9-8-21(14-24(23)27)32-20-3-2-4-20/h5-15,20,26H,2-4,16H2,1H3. The van der Waals surface area contributed by atoms with E-state index < -0.39 is 6.10 Å². The van der Waals surface area contributed by atoms with Crippen LogP contribution in [0.4, 0.5) is 4.39 Å². The van der Waals surface area contributed by atoms with Gasteiger partial charge in [0.05, 0.1) is 38.0 Å². The Morgan fingerprint density at radius 1 is 1.06 bits per heavy atom. The first-order valence-electron chi connectivity index (χ1n) is 10.7. The number of rotatable bonds is 8. The second kappa shape index (κ2) is 9.01. The van der Waals surface area contributed by atoms with E-state index in [1.54, 1.807) is 25.6 Å². The molecule has 2 aromatic carbocycles. The van der Waals surface area contributed by atoms with Crippen molar-refractivity contribution in [3.05, 3.63) is 89.7 Å². The van der Waals surface area contributed by atoms with Gasteiger partial charge in [-0.05, 0) is 67.3 Å². The van der Waals surface area contributed by atoms with Gasteiger partial charge in [-0.1, -0.05) is 6.07 Å². The van der Waals surface area contributed by atoms with Crippen LogP contribution in [0.1, 0.15) is 42.2 Å². The second-order valence-electron chi connectivity index (χ2n) is 7.95. The first-order chi connectivity index (χ1) is 15.7. The molecule has 5 rings (SSSR count). The highest BCUT2D eigenvalue weighted by Crippen LogP contribution is 2.34. The molecule has 0 amide bonds. The number of halogens is 1. The van der Waals surface area contributed by atoms with Gasteiger partial charge in [-0.15, -0.1) is 0 Å². The molecule has 1 saturated carbocycles. The van der Waals surface area contributed by atoms with E-state index in [0.717, 1.165) is 41.5 Å². The molecular formula is C26H24FNO4. The second-order valence-corrected chi connectivity index (χ2v) is 7.95. The van der Waals surface area contributed by atoms with Crippen molar-refractivity contribution >= 4 is 11.0 Å². The molecule has 32 heavy (non-hydrogen) atoms. The van der Waals surface area contributed by atoms with E-state index in [1.165, 1.54) is 6.07 Å². The normalized spacial score (nSPS) is 14.8. The molecule has 0 spiro atoms. The maximum atomic E-state index is 15.2. The Kier molecular flexibility index (Phi) is 5.77. The van der Waals surface area contributed by atoms with Gasteiger partial charge in [-0.2, -0.15) is 0 Å². The summed E-state index contributed by atoms with van der Waals surface area (Å²) in [4.78, 5) is 4.36. The van der Waals surface area contributed by atoms with Crippen molar-refractivity contribution < 1.29 is 23.0 Å². The number of aromatic nitrogens is 1. The van der Waals surface area contributed by atoms with Crippen molar-refractivity contribution in [1.29, 1.82) is 0 Å². The molecule has 0 N–H and O–H groups in total. The van der Waals surface area contributed by atoms with Gasteiger partial charge in [0.2, 0.25) is 0 Å². The number of hydrogen-bond donors (Lipinski definition) is 0. The Labute approximate surface area is 185 Å². The maximum absolute atomic E-state index is 15.2. The highest BCUT2D eigenvalue weighted by Gasteiger charge is 2.23. The largest absolute Gasteiger partial charge is 0.495 e. The van der Waals surface area contributed by atoms with Crippen molar-refractivity contribution in [1.82, 2.24) is 4.98 Å². The average Bonchev–Trinajstić information content (AvgIpc) is 3.26. The van der Waals surface area contributed by atoms with Crippen molar-refractivity contribution in [3.63, 3.8) is 0 Å². The molecule has 4 aromatic rings. The maximum Gasteiger partial charge on any atom is 0.137 e. The fourth-order valence-electron chi connectivity index (χ4n) is 3.77. The van der Waals surface area contributed by atoms with Gasteiger partial charge in [-0.25, -0.2) is 4.39 Å². The third-order valence-corrected chi connectivity index (χ3v) is 5.82. The molecule has 1 aliphatic rings. The highest BCUT2D eigenvalue weighted by molar-refractivity contribution is 5.78. The molecule has 1 atom stereocenters. The Morgan fingerprint density at radius 3 is 2.66 bits per heavy atom. The van der Waals surface area contributed by atoms with Crippen LogP contribution >= 0.6 is 0 Å². The van der Waals surface area contributed by atoms with Crippen molar-refractivity contribution in [2.24, 2.45) is 0 Å². The highest BCUT2D eigenvalue weighted by atomic mass is 19.1. The fourth-order valence-corrected chi connectivity index (χ4v) is 3.77. The molecule has 1 aliphatic carbocycles. The molecule has 0 aliphatic heterocycles. The van der Waals surface area contributed by atoms with E-state index in [0.29, 0.717) is 17.1 Å². The van der Waals surface area contributed by atoms with E-state index in [1.807, 2.05) is 42.5 Å². The SMILES string of the molecule is COc1ccc(COC(c2ccc3occc3c2)c2ccc(OC3CCC3)cc2F)nc1. The lowest BCUT2D eigenvalue weighted by atomic mass is 9.96.